The first-order valence-corrected chi connectivity index (χ1v) is 7.13. The van der Waals surface area contributed by atoms with E-state index in [-0.39, 0.29) is 19.0 Å². The lowest BCUT2D eigenvalue weighted by atomic mass is 10.2. The molecule has 6 nitrogen and oxygen atoms in total. The van der Waals surface area contributed by atoms with E-state index in [0.29, 0.717) is 12.4 Å². The van der Waals surface area contributed by atoms with Gasteiger partial charge in [-0.3, -0.25) is 4.79 Å². The van der Waals surface area contributed by atoms with Crippen molar-refractivity contribution in [3.8, 4) is 0 Å². The van der Waals surface area contributed by atoms with Gasteiger partial charge in [0.1, 0.15) is 0 Å². The minimum atomic E-state index is -0.293. The zero-order chi connectivity index (χ0) is 14.4. The number of rotatable bonds is 6. The monoisotopic (exact) mass is 338 g/mol. The first-order chi connectivity index (χ1) is 9.69. The zero-order valence-electron chi connectivity index (χ0n) is 11.1. The number of halogens is 1. The van der Waals surface area contributed by atoms with E-state index in [1.165, 1.54) is 0 Å². The van der Waals surface area contributed by atoms with Crippen LogP contribution < -0.4 is 0 Å². The number of ether oxygens (including phenoxy) is 1. The topological polar surface area (TPSA) is 69.9 Å². The molecule has 0 unspecified atom stereocenters. The molecule has 0 fully saturated rings. The Kier molecular flexibility index (Phi) is 5.23. The summed E-state index contributed by atoms with van der Waals surface area (Å²) in [7, 11) is 0. The Morgan fingerprint density at radius 3 is 2.80 bits per heavy atom. The van der Waals surface area contributed by atoms with Gasteiger partial charge in [0.25, 0.3) is 0 Å². The molecule has 0 saturated carbocycles. The highest BCUT2D eigenvalue weighted by Crippen LogP contribution is 2.11. The molecule has 0 N–H and O–H groups in total. The number of aromatic nitrogens is 4. The molecule has 20 heavy (non-hydrogen) atoms. The lowest BCUT2D eigenvalue weighted by molar-refractivity contribution is -0.144. The molecule has 7 heteroatoms. The normalized spacial score (nSPS) is 10.5. The summed E-state index contributed by atoms with van der Waals surface area (Å²) in [6.45, 7) is 2.85. The predicted octanol–water partition coefficient (Wildman–Crippen LogP) is 2.13. The van der Waals surface area contributed by atoms with Crippen molar-refractivity contribution < 1.29 is 9.53 Å². The van der Waals surface area contributed by atoms with Crippen molar-refractivity contribution in [2.75, 3.05) is 0 Å². The SMILES string of the molecule is CCCn1nnnc1COC(=O)Cc1ccc(Br)cc1. The largest absolute Gasteiger partial charge is 0.457 e. The van der Waals surface area contributed by atoms with Crippen molar-refractivity contribution >= 4 is 21.9 Å². The second kappa shape index (κ2) is 7.14. The Labute approximate surface area is 125 Å². The summed E-state index contributed by atoms with van der Waals surface area (Å²) < 4.78 is 7.82. The second-order valence-electron chi connectivity index (χ2n) is 4.28. The van der Waals surface area contributed by atoms with Crippen molar-refractivity contribution in [3.05, 3.63) is 40.1 Å². The van der Waals surface area contributed by atoms with E-state index in [1.54, 1.807) is 4.68 Å². The molecule has 0 aliphatic carbocycles. The van der Waals surface area contributed by atoms with Gasteiger partial charge in [-0.15, -0.1) is 5.10 Å². The quantitative estimate of drug-likeness (QED) is 0.754. The number of benzene rings is 1. The highest BCUT2D eigenvalue weighted by Gasteiger charge is 2.10. The van der Waals surface area contributed by atoms with Crippen LogP contribution in [0.15, 0.2) is 28.7 Å². The van der Waals surface area contributed by atoms with Crippen molar-refractivity contribution in [2.24, 2.45) is 0 Å². The summed E-state index contributed by atoms with van der Waals surface area (Å²) in [6.07, 6.45) is 1.16. The van der Waals surface area contributed by atoms with Gasteiger partial charge in [0, 0.05) is 11.0 Å². The van der Waals surface area contributed by atoms with Crippen LogP contribution in [0, 0.1) is 0 Å². The summed E-state index contributed by atoms with van der Waals surface area (Å²) in [5.74, 6) is 0.273. The number of hydrogen-bond donors (Lipinski definition) is 0. The highest BCUT2D eigenvalue weighted by molar-refractivity contribution is 9.10. The molecule has 0 bridgehead atoms. The van der Waals surface area contributed by atoms with E-state index in [1.807, 2.05) is 31.2 Å². The maximum absolute atomic E-state index is 11.7. The number of esters is 1. The van der Waals surface area contributed by atoms with Crippen LogP contribution in [0.3, 0.4) is 0 Å². The lowest BCUT2D eigenvalue weighted by Crippen LogP contribution is -2.12. The summed E-state index contributed by atoms with van der Waals surface area (Å²) in [4.78, 5) is 11.7. The van der Waals surface area contributed by atoms with Crippen molar-refractivity contribution in [1.82, 2.24) is 20.2 Å². The van der Waals surface area contributed by atoms with Crippen LogP contribution >= 0.6 is 15.9 Å². The fraction of sp³-hybridized carbons (Fsp3) is 0.385. The maximum Gasteiger partial charge on any atom is 0.310 e. The van der Waals surface area contributed by atoms with E-state index < -0.39 is 0 Å². The third-order valence-corrected chi connectivity index (χ3v) is 3.19. The first-order valence-electron chi connectivity index (χ1n) is 6.34. The number of carbonyl (C=O) groups is 1. The molecule has 0 radical (unpaired) electrons. The van der Waals surface area contributed by atoms with E-state index in [4.69, 9.17) is 4.74 Å². The maximum atomic E-state index is 11.7. The van der Waals surface area contributed by atoms with Gasteiger partial charge < -0.3 is 4.74 Å². The second-order valence-corrected chi connectivity index (χ2v) is 5.20. The van der Waals surface area contributed by atoms with Crippen LogP contribution in [0.25, 0.3) is 0 Å². The number of tetrazole rings is 1. The molecule has 106 valence electrons. The molecule has 1 aromatic heterocycles. The number of carbonyl (C=O) groups excluding carboxylic acids is 1. The molecular weight excluding hydrogens is 324 g/mol. The molecule has 1 aromatic carbocycles. The lowest BCUT2D eigenvalue weighted by Gasteiger charge is -2.05. The molecule has 0 amide bonds. The molecular formula is C13H15BrN4O2. The Morgan fingerprint density at radius 1 is 1.35 bits per heavy atom. The van der Waals surface area contributed by atoms with E-state index in [2.05, 4.69) is 31.5 Å². The van der Waals surface area contributed by atoms with Crippen molar-refractivity contribution in [2.45, 2.75) is 32.9 Å². The molecule has 2 aromatic rings. The van der Waals surface area contributed by atoms with Crippen LogP contribution in [-0.4, -0.2) is 26.2 Å². The third-order valence-electron chi connectivity index (χ3n) is 2.67. The Balaban J connectivity index is 1.85. The zero-order valence-corrected chi connectivity index (χ0v) is 12.7. The van der Waals surface area contributed by atoms with E-state index in [0.717, 1.165) is 16.5 Å². The van der Waals surface area contributed by atoms with E-state index in [9.17, 15) is 4.79 Å². The molecule has 2 rings (SSSR count). The Morgan fingerprint density at radius 2 is 2.10 bits per heavy atom. The number of aryl methyl sites for hydroxylation is 1. The van der Waals surface area contributed by atoms with Crippen molar-refractivity contribution in [1.29, 1.82) is 0 Å². The molecule has 1 heterocycles. The number of hydrogen-bond acceptors (Lipinski definition) is 5. The average molecular weight is 339 g/mol. The third kappa shape index (κ3) is 4.12. The van der Waals surface area contributed by atoms with Gasteiger partial charge in [-0.05, 0) is 34.5 Å². The van der Waals surface area contributed by atoms with Gasteiger partial charge in [-0.1, -0.05) is 35.0 Å². The van der Waals surface area contributed by atoms with Crippen LogP contribution in [-0.2, 0) is 29.1 Å². The van der Waals surface area contributed by atoms with Crippen LogP contribution in [0.4, 0.5) is 0 Å². The van der Waals surface area contributed by atoms with Gasteiger partial charge in [-0.2, -0.15) is 0 Å². The molecule has 0 aliphatic rings. The highest BCUT2D eigenvalue weighted by atomic mass is 79.9. The minimum Gasteiger partial charge on any atom is -0.457 e. The van der Waals surface area contributed by atoms with Gasteiger partial charge >= 0.3 is 5.97 Å². The average Bonchev–Trinajstić information content (AvgIpc) is 2.87. The predicted molar refractivity (Wildman–Crippen MR) is 75.8 cm³/mol. The standard InChI is InChI=1S/C13H15BrN4O2/c1-2-7-18-12(15-16-17-18)9-20-13(19)8-10-3-5-11(14)6-4-10/h3-6H,2,7-9H2,1H3. The van der Waals surface area contributed by atoms with Gasteiger partial charge in [0.15, 0.2) is 12.4 Å². The summed E-state index contributed by atoms with van der Waals surface area (Å²) in [5.41, 5.74) is 0.909. The fourth-order valence-electron chi connectivity index (χ4n) is 1.68. The van der Waals surface area contributed by atoms with Gasteiger partial charge in [0.2, 0.25) is 0 Å². The van der Waals surface area contributed by atoms with Crippen LogP contribution in [0.1, 0.15) is 24.7 Å². The van der Waals surface area contributed by atoms with Crippen LogP contribution in [0.5, 0.6) is 0 Å². The fourth-order valence-corrected chi connectivity index (χ4v) is 1.94. The Hall–Kier alpha value is -1.76. The Bertz CT molecular complexity index is 568. The smallest absolute Gasteiger partial charge is 0.310 e. The minimum absolute atomic E-state index is 0.0996. The molecule has 0 atom stereocenters. The van der Waals surface area contributed by atoms with Gasteiger partial charge in [0.05, 0.1) is 6.42 Å². The van der Waals surface area contributed by atoms with Crippen LogP contribution in [0.2, 0.25) is 0 Å². The molecule has 0 spiro atoms. The van der Waals surface area contributed by atoms with E-state index >= 15 is 0 Å². The summed E-state index contributed by atoms with van der Waals surface area (Å²) in [5, 5.41) is 11.3. The van der Waals surface area contributed by atoms with Crippen molar-refractivity contribution in [3.63, 3.8) is 0 Å². The first kappa shape index (κ1) is 14.6. The summed E-state index contributed by atoms with van der Waals surface area (Å²) >= 11 is 3.35. The number of nitrogens with zero attached hydrogens (tertiary/aromatic N) is 4. The summed E-state index contributed by atoms with van der Waals surface area (Å²) in [6, 6.07) is 7.55. The van der Waals surface area contributed by atoms with Gasteiger partial charge in [-0.25, -0.2) is 4.68 Å². The molecule has 0 aliphatic heterocycles. The molecule has 0 saturated heterocycles.